The van der Waals surface area contributed by atoms with Crippen LogP contribution in [0.4, 0.5) is 0 Å². The number of nitrogens with zero attached hydrogens (tertiary/aromatic N) is 4. The molecular weight excluding hydrogens is 765 g/mol. The van der Waals surface area contributed by atoms with Gasteiger partial charge in [0.25, 0.3) is 0 Å². The summed E-state index contributed by atoms with van der Waals surface area (Å²) in [6.07, 6.45) is 0. The Labute approximate surface area is 353 Å². The smallest absolute Gasteiger partial charge is 0.167 e. The summed E-state index contributed by atoms with van der Waals surface area (Å²) in [7, 11) is 0. The quantitative estimate of drug-likeness (QED) is 0.174. The molecule has 0 radical (unpaired) electrons. The van der Waals surface area contributed by atoms with E-state index in [9.17, 15) is 0 Å². The van der Waals surface area contributed by atoms with Crippen molar-refractivity contribution in [3.05, 3.63) is 194 Å². The molecule has 0 amide bonds. The number of fused-ring (bicyclic) bond motifs is 10. The van der Waals surface area contributed by atoms with Crippen LogP contribution in [0.1, 0.15) is 0 Å². The number of aromatic nitrogens is 4. The first-order chi connectivity index (χ1) is 30.2. The Kier molecular flexibility index (Phi) is 7.41. The highest BCUT2D eigenvalue weighted by Gasteiger charge is 2.23. The van der Waals surface area contributed by atoms with Gasteiger partial charge in [0.15, 0.2) is 17.5 Å². The first-order valence-corrected chi connectivity index (χ1v) is 21.2. The zero-order valence-electron chi connectivity index (χ0n) is 32.6. The topological polar surface area (TPSA) is 56.7 Å². The van der Waals surface area contributed by atoms with Crippen molar-refractivity contribution in [1.82, 2.24) is 19.5 Å². The first kappa shape index (κ1) is 34.0. The minimum Gasteiger partial charge on any atom is -0.455 e. The van der Waals surface area contributed by atoms with Crippen molar-refractivity contribution in [3.8, 4) is 51.0 Å². The highest BCUT2D eigenvalue weighted by Crippen LogP contribution is 2.43. The van der Waals surface area contributed by atoms with Gasteiger partial charge in [-0.2, -0.15) is 0 Å². The molecule has 0 atom stereocenters. The summed E-state index contributed by atoms with van der Waals surface area (Å²) < 4.78 is 11.7. The summed E-state index contributed by atoms with van der Waals surface area (Å²) in [5, 5.41) is 9.35. The van der Waals surface area contributed by atoms with Crippen LogP contribution in [0, 0.1) is 0 Å². The molecule has 61 heavy (non-hydrogen) atoms. The summed E-state index contributed by atoms with van der Waals surface area (Å²) in [6, 6.07) is 68.5. The largest absolute Gasteiger partial charge is 0.455 e. The average Bonchev–Trinajstić information content (AvgIpc) is 4.00. The van der Waals surface area contributed by atoms with E-state index in [0.717, 1.165) is 66.5 Å². The second-order valence-corrected chi connectivity index (χ2v) is 16.6. The molecule has 0 aliphatic carbocycles. The maximum atomic E-state index is 6.91. The van der Waals surface area contributed by atoms with Gasteiger partial charge in [0.2, 0.25) is 0 Å². The van der Waals surface area contributed by atoms with E-state index >= 15 is 0 Å². The van der Waals surface area contributed by atoms with Crippen LogP contribution in [-0.2, 0) is 0 Å². The Bertz CT molecular complexity index is 3880. The van der Waals surface area contributed by atoms with Gasteiger partial charge in [-0.1, -0.05) is 146 Å². The fraction of sp³-hybridized carbons (Fsp3) is 0. The lowest BCUT2D eigenvalue weighted by atomic mass is 10.0. The van der Waals surface area contributed by atoms with Crippen LogP contribution in [0.5, 0.6) is 0 Å². The summed E-state index contributed by atoms with van der Waals surface area (Å²) in [6.45, 7) is 0. The van der Waals surface area contributed by atoms with Crippen LogP contribution in [0.3, 0.4) is 0 Å². The number of thiophene rings is 1. The van der Waals surface area contributed by atoms with Gasteiger partial charge >= 0.3 is 0 Å². The number of furan rings is 1. The molecular formula is C55H32N4OS. The Balaban J connectivity index is 1.06. The fourth-order valence-electron chi connectivity index (χ4n) is 9.15. The molecule has 9 aromatic carbocycles. The molecule has 0 aliphatic heterocycles. The lowest BCUT2D eigenvalue weighted by Gasteiger charge is -2.13. The summed E-state index contributed by atoms with van der Waals surface area (Å²) >= 11 is 1.79. The molecule has 0 fully saturated rings. The highest BCUT2D eigenvalue weighted by atomic mass is 32.1. The van der Waals surface area contributed by atoms with E-state index < -0.39 is 0 Å². The average molecular weight is 797 g/mol. The highest BCUT2D eigenvalue weighted by molar-refractivity contribution is 7.25. The monoisotopic (exact) mass is 796 g/mol. The van der Waals surface area contributed by atoms with Crippen molar-refractivity contribution in [2.24, 2.45) is 0 Å². The molecule has 0 bridgehead atoms. The SMILES string of the molecule is c1ccc(-c2ccc(-c3nc(-c4ccc5c(c4)sc4ccccc45)nc(-c4ccc(-n5c6ccccc6c6cc7ccccc7cc65)c5c4oc4ccccc45)n3)cc2)cc1. The lowest BCUT2D eigenvalue weighted by Crippen LogP contribution is -2.01. The van der Waals surface area contributed by atoms with Crippen LogP contribution in [0.15, 0.2) is 199 Å². The maximum absolute atomic E-state index is 6.91. The molecule has 0 spiro atoms. The zero-order valence-corrected chi connectivity index (χ0v) is 33.4. The van der Waals surface area contributed by atoms with Gasteiger partial charge in [-0.3, -0.25) is 0 Å². The maximum Gasteiger partial charge on any atom is 0.167 e. The summed E-state index contributed by atoms with van der Waals surface area (Å²) in [4.78, 5) is 15.7. The molecule has 4 heterocycles. The van der Waals surface area contributed by atoms with Crippen LogP contribution in [-0.4, -0.2) is 19.5 Å². The van der Waals surface area contributed by atoms with Crippen LogP contribution in [0.25, 0.3) is 126 Å². The second-order valence-electron chi connectivity index (χ2n) is 15.6. The van der Waals surface area contributed by atoms with E-state index in [1.54, 1.807) is 11.3 Å². The molecule has 0 unspecified atom stereocenters. The van der Waals surface area contributed by atoms with Gasteiger partial charge < -0.3 is 8.98 Å². The van der Waals surface area contributed by atoms with Crippen molar-refractivity contribution in [3.63, 3.8) is 0 Å². The molecule has 0 saturated carbocycles. The van der Waals surface area contributed by atoms with Gasteiger partial charge in [-0.15, -0.1) is 11.3 Å². The van der Waals surface area contributed by atoms with E-state index in [2.05, 4.69) is 180 Å². The molecule has 284 valence electrons. The van der Waals surface area contributed by atoms with Crippen molar-refractivity contribution < 1.29 is 4.42 Å². The van der Waals surface area contributed by atoms with Gasteiger partial charge in [0, 0.05) is 47.5 Å². The molecule has 5 nitrogen and oxygen atoms in total. The van der Waals surface area contributed by atoms with E-state index in [4.69, 9.17) is 19.4 Å². The molecule has 13 rings (SSSR count). The van der Waals surface area contributed by atoms with Crippen molar-refractivity contribution >= 4 is 86.0 Å². The lowest BCUT2D eigenvalue weighted by molar-refractivity contribution is 0.669. The molecule has 6 heteroatoms. The summed E-state index contributed by atoms with van der Waals surface area (Å²) in [5.74, 6) is 1.75. The van der Waals surface area contributed by atoms with Gasteiger partial charge in [0.1, 0.15) is 11.2 Å². The van der Waals surface area contributed by atoms with Crippen LogP contribution in [0.2, 0.25) is 0 Å². The van der Waals surface area contributed by atoms with E-state index in [1.807, 2.05) is 18.2 Å². The third-order valence-corrected chi connectivity index (χ3v) is 13.2. The molecule has 4 aromatic heterocycles. The fourth-order valence-corrected chi connectivity index (χ4v) is 10.3. The van der Waals surface area contributed by atoms with E-state index in [-0.39, 0.29) is 0 Å². The minimum absolute atomic E-state index is 0.549. The van der Waals surface area contributed by atoms with Gasteiger partial charge in [-0.25, -0.2) is 15.0 Å². The Morgan fingerprint density at radius 2 is 1.02 bits per heavy atom. The third-order valence-electron chi connectivity index (χ3n) is 12.0. The first-order valence-electron chi connectivity index (χ1n) is 20.4. The van der Waals surface area contributed by atoms with Crippen molar-refractivity contribution in [2.45, 2.75) is 0 Å². The van der Waals surface area contributed by atoms with Crippen molar-refractivity contribution in [2.75, 3.05) is 0 Å². The molecule has 0 aliphatic rings. The normalized spacial score (nSPS) is 11.9. The number of para-hydroxylation sites is 2. The van der Waals surface area contributed by atoms with E-state index in [0.29, 0.717) is 17.5 Å². The van der Waals surface area contributed by atoms with Crippen LogP contribution >= 0.6 is 11.3 Å². The Hall–Kier alpha value is -7.93. The number of hydrogen-bond donors (Lipinski definition) is 0. The van der Waals surface area contributed by atoms with Crippen molar-refractivity contribution in [1.29, 1.82) is 0 Å². The number of benzene rings is 9. The third kappa shape index (κ3) is 5.36. The second kappa shape index (κ2) is 13.3. The van der Waals surface area contributed by atoms with Gasteiger partial charge in [0.05, 0.1) is 27.7 Å². The van der Waals surface area contributed by atoms with E-state index in [1.165, 1.54) is 41.7 Å². The standard InChI is InChI=1S/C55H32N4OS/c1-2-12-33(13-3-1)34-22-24-35(25-23-34)53-56-54(38-26-27-41-40-17-8-11-21-49(40)61-50(41)32-38)58-55(57-53)43-28-29-46(51-42-18-7-10-20-48(42)60-52(43)51)59-45-19-9-6-16-39(45)44-30-36-14-4-5-15-37(36)31-47(44)59/h1-32H. The Morgan fingerprint density at radius 3 is 1.87 bits per heavy atom. The predicted molar refractivity (Wildman–Crippen MR) is 254 cm³/mol. The Morgan fingerprint density at radius 1 is 0.393 bits per heavy atom. The van der Waals surface area contributed by atoms with Crippen LogP contribution < -0.4 is 0 Å². The molecule has 0 saturated heterocycles. The zero-order chi connectivity index (χ0) is 40.0. The van der Waals surface area contributed by atoms with Gasteiger partial charge in [-0.05, 0) is 70.4 Å². The predicted octanol–water partition coefficient (Wildman–Crippen LogP) is 15.1. The summed E-state index contributed by atoms with van der Waals surface area (Å²) in [5.41, 5.74) is 9.76. The minimum atomic E-state index is 0.549. The molecule has 0 N–H and O–H groups in total. The number of rotatable bonds is 5. The number of hydrogen-bond acceptors (Lipinski definition) is 5. The molecule has 13 aromatic rings.